The minimum absolute atomic E-state index is 0.410. The molecule has 112 valence electrons. The van der Waals surface area contributed by atoms with Crippen molar-refractivity contribution in [2.24, 2.45) is 10.4 Å². The molecule has 0 radical (unpaired) electrons. The van der Waals surface area contributed by atoms with E-state index < -0.39 is 0 Å². The minimum Gasteiger partial charge on any atom is -0.362 e. The Morgan fingerprint density at radius 3 is 2.58 bits per heavy atom. The van der Waals surface area contributed by atoms with Gasteiger partial charge in [-0.05, 0) is 24.7 Å². The lowest BCUT2D eigenvalue weighted by atomic mass is 9.90. The van der Waals surface area contributed by atoms with Crippen LogP contribution < -0.4 is 5.32 Å². The monoisotopic (exact) mass is 284 g/mol. The van der Waals surface area contributed by atoms with E-state index in [4.69, 9.17) is 4.99 Å². The highest BCUT2D eigenvalue weighted by Crippen LogP contribution is 2.31. The van der Waals surface area contributed by atoms with Crippen molar-refractivity contribution in [3.05, 3.63) is 0 Å². The maximum atomic E-state index is 4.70. The van der Waals surface area contributed by atoms with Gasteiger partial charge in [0.05, 0.1) is 6.54 Å². The molecule has 19 heavy (non-hydrogen) atoms. The van der Waals surface area contributed by atoms with Gasteiger partial charge < -0.3 is 5.32 Å². The molecule has 1 aliphatic rings. The number of rotatable bonds is 7. The summed E-state index contributed by atoms with van der Waals surface area (Å²) in [7, 11) is 0. The second-order valence-corrected chi connectivity index (χ2v) is 8.21. The number of hydrogen-bond donors (Lipinski definition) is 1. The summed E-state index contributed by atoms with van der Waals surface area (Å²) in [5.74, 6) is 0. The van der Waals surface area contributed by atoms with Crippen molar-refractivity contribution < 1.29 is 0 Å². The van der Waals surface area contributed by atoms with Crippen LogP contribution in [0.2, 0.25) is 0 Å². The molecule has 0 saturated heterocycles. The summed E-state index contributed by atoms with van der Waals surface area (Å²) in [6, 6.07) is 0.629. The van der Waals surface area contributed by atoms with Gasteiger partial charge in [-0.2, -0.15) is 0 Å². The molecule has 0 aromatic carbocycles. The predicted octanol–water partition coefficient (Wildman–Crippen LogP) is 4.84. The third-order valence-electron chi connectivity index (χ3n) is 3.43. The van der Waals surface area contributed by atoms with Gasteiger partial charge in [-0.25, -0.2) is 0 Å². The molecular weight excluding hydrogens is 252 g/mol. The third-order valence-corrected chi connectivity index (χ3v) is 4.55. The van der Waals surface area contributed by atoms with Crippen molar-refractivity contribution in [2.45, 2.75) is 84.4 Å². The van der Waals surface area contributed by atoms with Crippen LogP contribution in [0.1, 0.15) is 73.1 Å². The summed E-state index contributed by atoms with van der Waals surface area (Å²) < 4.78 is 0. The van der Waals surface area contributed by atoms with Gasteiger partial charge in [-0.3, -0.25) is 4.99 Å². The van der Waals surface area contributed by atoms with Gasteiger partial charge in [0.1, 0.15) is 0 Å². The molecule has 0 spiro atoms. The van der Waals surface area contributed by atoms with Crippen LogP contribution in [-0.4, -0.2) is 23.0 Å². The molecule has 2 nitrogen and oxygen atoms in total. The Kier molecular flexibility index (Phi) is 7.27. The van der Waals surface area contributed by atoms with E-state index in [1.54, 1.807) is 0 Å². The molecule has 0 aliphatic carbocycles. The zero-order chi connectivity index (χ0) is 14.3. The van der Waals surface area contributed by atoms with Gasteiger partial charge in [0, 0.05) is 11.3 Å². The molecule has 1 N–H and O–H groups in total. The van der Waals surface area contributed by atoms with E-state index in [-0.39, 0.29) is 0 Å². The van der Waals surface area contributed by atoms with Gasteiger partial charge in [0.15, 0.2) is 5.17 Å². The number of nitrogens with zero attached hydrogens (tertiary/aromatic N) is 1. The van der Waals surface area contributed by atoms with Gasteiger partial charge in [0.25, 0.3) is 0 Å². The molecule has 0 fully saturated rings. The molecule has 0 saturated carbocycles. The summed E-state index contributed by atoms with van der Waals surface area (Å²) >= 11 is 1.96. The fourth-order valence-electron chi connectivity index (χ4n) is 2.55. The SMILES string of the molecule is CCCCC(CCC)NC1=NCC(CC(C)(C)C)S1. The van der Waals surface area contributed by atoms with Crippen LogP contribution in [0, 0.1) is 5.41 Å². The van der Waals surface area contributed by atoms with E-state index >= 15 is 0 Å². The highest BCUT2D eigenvalue weighted by molar-refractivity contribution is 8.14. The van der Waals surface area contributed by atoms with E-state index in [9.17, 15) is 0 Å². The van der Waals surface area contributed by atoms with E-state index in [1.165, 1.54) is 43.7 Å². The molecule has 3 heteroatoms. The van der Waals surface area contributed by atoms with Crippen molar-refractivity contribution in [1.29, 1.82) is 0 Å². The first-order valence-electron chi connectivity index (χ1n) is 7.92. The summed E-state index contributed by atoms with van der Waals surface area (Å²) in [6.07, 6.45) is 7.66. The zero-order valence-corrected chi connectivity index (χ0v) is 14.3. The van der Waals surface area contributed by atoms with Crippen molar-refractivity contribution in [3.63, 3.8) is 0 Å². The van der Waals surface area contributed by atoms with Crippen LogP contribution in [0.4, 0.5) is 0 Å². The first kappa shape index (κ1) is 16.9. The number of unbranched alkanes of at least 4 members (excludes halogenated alkanes) is 1. The lowest BCUT2D eigenvalue weighted by Gasteiger charge is -2.22. The first-order valence-corrected chi connectivity index (χ1v) is 8.80. The van der Waals surface area contributed by atoms with Crippen LogP contribution in [0.5, 0.6) is 0 Å². The van der Waals surface area contributed by atoms with E-state index in [2.05, 4.69) is 39.9 Å². The molecule has 0 aromatic heterocycles. The summed E-state index contributed by atoms with van der Waals surface area (Å²) in [5.41, 5.74) is 0.410. The quantitative estimate of drug-likeness (QED) is 0.723. The average Bonchev–Trinajstić information content (AvgIpc) is 2.71. The number of aliphatic imine (C=N–C) groups is 1. The molecule has 0 aromatic rings. The standard InChI is InChI=1S/C16H32N2S/c1-6-8-10-13(9-7-2)18-15-17-12-14(19-15)11-16(3,4)5/h13-14H,6-12H2,1-5H3,(H,17,18). The fourth-order valence-corrected chi connectivity index (χ4v) is 3.98. The summed E-state index contributed by atoms with van der Waals surface area (Å²) in [5, 5.41) is 5.56. The zero-order valence-electron chi connectivity index (χ0n) is 13.5. The normalized spacial score (nSPS) is 21.3. The Hall–Kier alpha value is -0.180. The third kappa shape index (κ3) is 7.24. The van der Waals surface area contributed by atoms with Crippen LogP contribution in [0.15, 0.2) is 4.99 Å². The van der Waals surface area contributed by atoms with Gasteiger partial charge in [0.2, 0.25) is 0 Å². The fraction of sp³-hybridized carbons (Fsp3) is 0.938. The molecule has 1 heterocycles. The van der Waals surface area contributed by atoms with E-state index in [0.717, 1.165) is 6.54 Å². The van der Waals surface area contributed by atoms with Crippen LogP contribution in [-0.2, 0) is 0 Å². The molecule has 0 amide bonds. The Morgan fingerprint density at radius 1 is 1.26 bits per heavy atom. The van der Waals surface area contributed by atoms with Crippen molar-refractivity contribution in [3.8, 4) is 0 Å². The van der Waals surface area contributed by atoms with E-state index in [1.807, 2.05) is 11.8 Å². The highest BCUT2D eigenvalue weighted by Gasteiger charge is 2.25. The van der Waals surface area contributed by atoms with Gasteiger partial charge >= 0.3 is 0 Å². The molecule has 2 unspecified atom stereocenters. The molecule has 0 bridgehead atoms. The lowest BCUT2D eigenvalue weighted by Crippen LogP contribution is -2.32. The van der Waals surface area contributed by atoms with Crippen molar-refractivity contribution in [1.82, 2.24) is 5.32 Å². The van der Waals surface area contributed by atoms with Crippen molar-refractivity contribution in [2.75, 3.05) is 6.54 Å². The van der Waals surface area contributed by atoms with Gasteiger partial charge in [-0.15, -0.1) is 0 Å². The van der Waals surface area contributed by atoms with Crippen LogP contribution in [0.25, 0.3) is 0 Å². The Bertz CT molecular complexity index is 281. The number of hydrogen-bond acceptors (Lipinski definition) is 3. The average molecular weight is 285 g/mol. The molecule has 1 rings (SSSR count). The van der Waals surface area contributed by atoms with E-state index in [0.29, 0.717) is 16.7 Å². The maximum Gasteiger partial charge on any atom is 0.157 e. The minimum atomic E-state index is 0.410. The Balaban J connectivity index is 2.36. The lowest BCUT2D eigenvalue weighted by molar-refractivity contribution is 0.375. The molecular formula is C16H32N2S. The number of thioether (sulfide) groups is 1. The smallest absolute Gasteiger partial charge is 0.157 e. The Labute approximate surface area is 124 Å². The second kappa shape index (κ2) is 8.18. The highest BCUT2D eigenvalue weighted by atomic mass is 32.2. The maximum absolute atomic E-state index is 4.70. The second-order valence-electron chi connectivity index (χ2n) is 6.92. The van der Waals surface area contributed by atoms with Crippen LogP contribution in [0.3, 0.4) is 0 Å². The number of amidine groups is 1. The Morgan fingerprint density at radius 2 is 2.00 bits per heavy atom. The van der Waals surface area contributed by atoms with Crippen molar-refractivity contribution >= 4 is 16.9 Å². The number of nitrogens with one attached hydrogen (secondary N) is 1. The summed E-state index contributed by atoms with van der Waals surface area (Å²) in [4.78, 5) is 4.70. The predicted molar refractivity (Wildman–Crippen MR) is 89.1 cm³/mol. The molecule has 2 atom stereocenters. The van der Waals surface area contributed by atoms with Gasteiger partial charge in [-0.1, -0.05) is 65.6 Å². The topological polar surface area (TPSA) is 24.4 Å². The van der Waals surface area contributed by atoms with Crippen LogP contribution >= 0.6 is 11.8 Å². The summed E-state index contributed by atoms with van der Waals surface area (Å²) in [6.45, 7) is 12.5. The molecule has 1 aliphatic heterocycles. The first-order chi connectivity index (χ1) is 8.94. The largest absolute Gasteiger partial charge is 0.362 e.